The second-order valence-electron chi connectivity index (χ2n) is 6.38. The zero-order valence-corrected chi connectivity index (χ0v) is 17.3. The summed E-state index contributed by atoms with van der Waals surface area (Å²) in [5, 5.41) is 5.53. The molecule has 8 heteroatoms. The highest BCUT2D eigenvalue weighted by atomic mass is 79.9. The van der Waals surface area contributed by atoms with Crippen LogP contribution in [-0.4, -0.2) is 21.4 Å². The molecule has 0 spiro atoms. The van der Waals surface area contributed by atoms with Crippen molar-refractivity contribution in [1.29, 1.82) is 0 Å². The Balaban J connectivity index is 2.05. The average molecular weight is 484 g/mol. The zero-order chi connectivity index (χ0) is 18.4. The van der Waals surface area contributed by atoms with Gasteiger partial charge >= 0.3 is 0 Å². The molecule has 2 aromatic heterocycles. The van der Waals surface area contributed by atoms with E-state index >= 15 is 0 Å². The number of anilines is 1. The van der Waals surface area contributed by atoms with Crippen LogP contribution in [0.4, 0.5) is 10.1 Å². The Bertz CT molecular complexity index is 979. The minimum absolute atomic E-state index is 0.221. The van der Waals surface area contributed by atoms with Crippen LogP contribution < -0.4 is 5.73 Å². The molecule has 0 amide bonds. The highest BCUT2D eigenvalue weighted by Gasteiger charge is 2.26. The number of nitrogens with zero attached hydrogens (tertiary/aromatic N) is 3. The quantitative estimate of drug-likeness (QED) is 0.499. The summed E-state index contributed by atoms with van der Waals surface area (Å²) >= 11 is 7.09. The third-order valence-electron chi connectivity index (χ3n) is 4.76. The lowest BCUT2D eigenvalue weighted by atomic mass is 10.0. The van der Waals surface area contributed by atoms with Crippen LogP contribution in [-0.2, 0) is 4.74 Å². The number of ether oxygens (including phenoxy) is 1. The number of rotatable bonds is 2. The molecule has 136 valence electrons. The minimum Gasteiger partial charge on any atom is -0.398 e. The van der Waals surface area contributed by atoms with Crippen molar-refractivity contribution >= 4 is 48.5 Å². The van der Waals surface area contributed by atoms with Gasteiger partial charge in [0.05, 0.1) is 10.9 Å². The summed E-state index contributed by atoms with van der Waals surface area (Å²) in [6.07, 6.45) is 6.10. The Morgan fingerprint density at radius 2 is 2.00 bits per heavy atom. The molecule has 0 bridgehead atoms. The summed E-state index contributed by atoms with van der Waals surface area (Å²) in [7, 11) is 0. The molecule has 1 aliphatic rings. The smallest absolute Gasteiger partial charge is 0.150 e. The second-order valence-corrected chi connectivity index (χ2v) is 8.09. The summed E-state index contributed by atoms with van der Waals surface area (Å²) in [4.78, 5) is 4.16. The lowest BCUT2D eigenvalue weighted by Crippen LogP contribution is -2.19. The molecule has 1 saturated heterocycles. The maximum Gasteiger partial charge on any atom is 0.150 e. The lowest BCUT2D eigenvalue weighted by Gasteiger charge is -2.23. The van der Waals surface area contributed by atoms with Crippen LogP contribution >= 0.6 is 31.9 Å². The first-order chi connectivity index (χ1) is 12.5. The van der Waals surface area contributed by atoms with Crippen LogP contribution in [0, 0.1) is 12.7 Å². The second kappa shape index (κ2) is 6.90. The van der Waals surface area contributed by atoms with Crippen molar-refractivity contribution in [3.8, 4) is 11.3 Å². The number of hydrogen-bond donors (Lipinski definition) is 1. The van der Waals surface area contributed by atoms with Crippen LogP contribution in [0.1, 0.15) is 31.1 Å². The molecule has 4 rings (SSSR count). The molecule has 1 fully saturated rings. The Kier molecular flexibility index (Phi) is 4.75. The van der Waals surface area contributed by atoms with E-state index in [-0.39, 0.29) is 12.0 Å². The molecule has 0 saturated carbocycles. The van der Waals surface area contributed by atoms with E-state index in [2.05, 4.69) is 36.8 Å². The van der Waals surface area contributed by atoms with Gasteiger partial charge in [-0.3, -0.25) is 4.98 Å². The SMILES string of the molecule is Cc1c(F)cc2c(c(-c3c(Br)cncc3Br)nn2C2CCCCO2)c1N. The van der Waals surface area contributed by atoms with Gasteiger partial charge in [0.25, 0.3) is 0 Å². The molecule has 0 radical (unpaired) electrons. The van der Waals surface area contributed by atoms with E-state index in [1.165, 1.54) is 6.07 Å². The van der Waals surface area contributed by atoms with Crippen molar-refractivity contribution in [1.82, 2.24) is 14.8 Å². The largest absolute Gasteiger partial charge is 0.398 e. The molecule has 1 unspecified atom stereocenters. The van der Waals surface area contributed by atoms with E-state index in [9.17, 15) is 4.39 Å². The number of hydrogen-bond acceptors (Lipinski definition) is 4. The van der Waals surface area contributed by atoms with Gasteiger partial charge in [-0.2, -0.15) is 5.10 Å². The molecule has 1 aliphatic heterocycles. The topological polar surface area (TPSA) is 66.0 Å². The predicted molar refractivity (Wildman–Crippen MR) is 106 cm³/mol. The van der Waals surface area contributed by atoms with Gasteiger partial charge in [0.15, 0.2) is 6.23 Å². The van der Waals surface area contributed by atoms with Crippen LogP contribution in [0.2, 0.25) is 0 Å². The van der Waals surface area contributed by atoms with E-state index in [0.29, 0.717) is 29.1 Å². The highest BCUT2D eigenvalue weighted by molar-refractivity contribution is 9.11. The molecule has 5 nitrogen and oxygen atoms in total. The fourth-order valence-electron chi connectivity index (χ4n) is 3.34. The fourth-order valence-corrected chi connectivity index (χ4v) is 4.65. The van der Waals surface area contributed by atoms with E-state index in [1.54, 1.807) is 24.0 Å². The summed E-state index contributed by atoms with van der Waals surface area (Å²) in [6.45, 7) is 2.35. The van der Waals surface area contributed by atoms with Gasteiger partial charge in [0.2, 0.25) is 0 Å². The Labute approximate surface area is 167 Å². The van der Waals surface area contributed by atoms with Gasteiger partial charge in [0, 0.05) is 50.8 Å². The van der Waals surface area contributed by atoms with Crippen LogP contribution in [0.5, 0.6) is 0 Å². The van der Waals surface area contributed by atoms with E-state index in [0.717, 1.165) is 39.2 Å². The number of aromatic nitrogens is 3. The van der Waals surface area contributed by atoms with Gasteiger partial charge < -0.3 is 10.5 Å². The number of benzene rings is 1. The molecule has 26 heavy (non-hydrogen) atoms. The van der Waals surface area contributed by atoms with Gasteiger partial charge in [-0.15, -0.1) is 0 Å². The van der Waals surface area contributed by atoms with Crippen molar-refractivity contribution in [3.05, 3.63) is 38.8 Å². The van der Waals surface area contributed by atoms with E-state index in [1.807, 2.05) is 0 Å². The average Bonchev–Trinajstić information content (AvgIpc) is 2.99. The molecule has 3 aromatic rings. The summed E-state index contributed by atoms with van der Waals surface area (Å²) < 4.78 is 23.7. The molecule has 2 N–H and O–H groups in total. The van der Waals surface area contributed by atoms with Gasteiger partial charge in [-0.25, -0.2) is 9.07 Å². The molecule has 1 aromatic carbocycles. The Morgan fingerprint density at radius 3 is 2.65 bits per heavy atom. The van der Waals surface area contributed by atoms with Crippen molar-refractivity contribution in [3.63, 3.8) is 0 Å². The van der Waals surface area contributed by atoms with Crippen molar-refractivity contribution in [2.24, 2.45) is 0 Å². The third-order valence-corrected chi connectivity index (χ3v) is 5.96. The van der Waals surface area contributed by atoms with Crippen molar-refractivity contribution < 1.29 is 9.13 Å². The Hall–Kier alpha value is -1.51. The fraction of sp³-hybridized carbons (Fsp3) is 0.333. The number of pyridine rings is 1. The van der Waals surface area contributed by atoms with Gasteiger partial charge in [-0.05, 0) is 58.0 Å². The molecule has 0 aliphatic carbocycles. The number of fused-ring (bicyclic) bond motifs is 1. The summed E-state index contributed by atoms with van der Waals surface area (Å²) in [6, 6.07) is 1.50. The molecule has 3 heterocycles. The van der Waals surface area contributed by atoms with Crippen molar-refractivity contribution in [2.75, 3.05) is 12.3 Å². The monoisotopic (exact) mass is 482 g/mol. The van der Waals surface area contributed by atoms with E-state index in [4.69, 9.17) is 15.6 Å². The van der Waals surface area contributed by atoms with Gasteiger partial charge in [-0.1, -0.05) is 0 Å². The standard InChI is InChI=1S/C18H17Br2FN4O/c1-9-12(21)6-13-16(17(9)22)18(15-10(19)7-23-8-11(15)20)24-25(13)14-4-2-3-5-26-14/h6-8,14H,2-5,22H2,1H3. The summed E-state index contributed by atoms with van der Waals surface area (Å²) in [5.74, 6) is -0.341. The van der Waals surface area contributed by atoms with Crippen molar-refractivity contribution in [2.45, 2.75) is 32.4 Å². The third kappa shape index (κ3) is 2.84. The number of nitrogen functional groups attached to an aromatic ring is 1. The van der Waals surface area contributed by atoms with Crippen LogP contribution in [0.3, 0.4) is 0 Å². The summed E-state index contributed by atoms with van der Waals surface area (Å²) in [5.41, 5.74) is 9.29. The lowest BCUT2D eigenvalue weighted by molar-refractivity contribution is -0.0365. The maximum atomic E-state index is 14.4. The number of halogens is 3. The molecular formula is C18H17Br2FN4O. The number of nitrogens with two attached hydrogens (primary N) is 1. The normalized spacial score (nSPS) is 17.8. The van der Waals surface area contributed by atoms with Crippen LogP contribution in [0.25, 0.3) is 22.2 Å². The first-order valence-electron chi connectivity index (χ1n) is 8.36. The zero-order valence-electron chi connectivity index (χ0n) is 14.1. The first-order valence-corrected chi connectivity index (χ1v) is 9.95. The Morgan fingerprint density at radius 1 is 1.27 bits per heavy atom. The van der Waals surface area contributed by atoms with Crippen LogP contribution in [0.15, 0.2) is 27.4 Å². The first kappa shape index (κ1) is 17.9. The highest BCUT2D eigenvalue weighted by Crippen LogP contribution is 2.42. The predicted octanol–water partition coefficient (Wildman–Crippen LogP) is 5.35. The van der Waals surface area contributed by atoms with Gasteiger partial charge in [0.1, 0.15) is 11.5 Å². The molecule has 1 atom stereocenters. The van der Waals surface area contributed by atoms with E-state index < -0.39 is 0 Å². The maximum absolute atomic E-state index is 14.4. The minimum atomic E-state index is -0.341. The molecular weight excluding hydrogens is 467 g/mol.